The van der Waals surface area contributed by atoms with Gasteiger partial charge < -0.3 is 0 Å². The Labute approximate surface area is 112 Å². The van der Waals surface area contributed by atoms with Gasteiger partial charge in [-0.1, -0.05) is 33.8 Å². The molecule has 2 heterocycles. The molecule has 1 aromatic rings. The third-order valence-corrected chi connectivity index (χ3v) is 3.54. The highest BCUT2D eigenvalue weighted by molar-refractivity contribution is 5.17. The van der Waals surface area contributed by atoms with Crippen LogP contribution in [0.25, 0.3) is 0 Å². The fourth-order valence-electron chi connectivity index (χ4n) is 2.30. The van der Waals surface area contributed by atoms with Crippen LogP contribution < -0.4 is 0 Å². The van der Waals surface area contributed by atoms with Crippen LogP contribution >= 0.6 is 0 Å². The van der Waals surface area contributed by atoms with Crippen molar-refractivity contribution >= 4 is 0 Å². The molecule has 2 nitrogen and oxygen atoms in total. The quantitative estimate of drug-likeness (QED) is 0.806. The topological polar surface area (TPSA) is 16.1 Å². The maximum Gasteiger partial charge on any atom is 0.0313 e. The van der Waals surface area contributed by atoms with Gasteiger partial charge in [-0.15, -0.1) is 0 Å². The summed E-state index contributed by atoms with van der Waals surface area (Å²) in [4.78, 5) is 6.86. The molecule has 0 radical (unpaired) electrons. The molecule has 2 heteroatoms. The van der Waals surface area contributed by atoms with E-state index in [4.69, 9.17) is 0 Å². The molecule has 0 saturated carbocycles. The molecule has 0 N–H and O–H groups in total. The van der Waals surface area contributed by atoms with Gasteiger partial charge in [-0.05, 0) is 49.4 Å². The Morgan fingerprint density at radius 1 is 1.17 bits per heavy atom. The summed E-state index contributed by atoms with van der Waals surface area (Å²) in [5.41, 5.74) is 2.72. The van der Waals surface area contributed by atoms with Crippen LogP contribution in [0.3, 0.4) is 0 Å². The second-order valence-corrected chi connectivity index (χ2v) is 5.01. The lowest BCUT2D eigenvalue weighted by atomic mass is 9.99. The zero-order valence-corrected chi connectivity index (χ0v) is 12.4. The van der Waals surface area contributed by atoms with Gasteiger partial charge in [0.25, 0.3) is 0 Å². The number of rotatable bonds is 3. The Morgan fingerprint density at radius 2 is 1.78 bits per heavy atom. The summed E-state index contributed by atoms with van der Waals surface area (Å²) in [6.45, 7) is 12.1. The zero-order valence-electron chi connectivity index (χ0n) is 12.4. The SMILES string of the molecule is CC.CCc1cncc(CN2CCC(C)CC2)c1. The Hall–Kier alpha value is -0.890. The molecule has 1 saturated heterocycles. The van der Waals surface area contributed by atoms with Crippen LogP contribution in [0.4, 0.5) is 0 Å². The van der Waals surface area contributed by atoms with Crippen molar-refractivity contribution < 1.29 is 0 Å². The molecule has 2 rings (SSSR count). The van der Waals surface area contributed by atoms with Gasteiger partial charge in [-0.3, -0.25) is 9.88 Å². The van der Waals surface area contributed by atoms with Crippen molar-refractivity contribution in [3.05, 3.63) is 29.6 Å². The Bertz CT molecular complexity index is 328. The van der Waals surface area contributed by atoms with E-state index in [1.54, 1.807) is 0 Å². The third kappa shape index (κ3) is 4.77. The van der Waals surface area contributed by atoms with Crippen molar-refractivity contribution in [1.82, 2.24) is 9.88 Å². The monoisotopic (exact) mass is 248 g/mol. The second kappa shape index (κ2) is 8.25. The normalized spacial score (nSPS) is 17.1. The van der Waals surface area contributed by atoms with E-state index < -0.39 is 0 Å². The Balaban J connectivity index is 0.000000771. The molecule has 0 aliphatic carbocycles. The zero-order chi connectivity index (χ0) is 13.4. The summed E-state index contributed by atoms with van der Waals surface area (Å²) in [5.74, 6) is 0.913. The summed E-state index contributed by atoms with van der Waals surface area (Å²) in [7, 11) is 0. The Kier molecular flexibility index (Phi) is 6.96. The fourth-order valence-corrected chi connectivity index (χ4v) is 2.30. The highest BCUT2D eigenvalue weighted by Crippen LogP contribution is 2.18. The molecular weight excluding hydrogens is 220 g/mol. The number of piperidine rings is 1. The van der Waals surface area contributed by atoms with Crippen molar-refractivity contribution in [3.8, 4) is 0 Å². The molecule has 0 unspecified atom stereocenters. The molecule has 1 fully saturated rings. The van der Waals surface area contributed by atoms with Gasteiger partial charge in [0.05, 0.1) is 0 Å². The molecule has 0 bridgehead atoms. The first-order valence-corrected chi connectivity index (χ1v) is 7.43. The molecular formula is C16H28N2. The number of aromatic nitrogens is 1. The summed E-state index contributed by atoms with van der Waals surface area (Å²) < 4.78 is 0. The highest BCUT2D eigenvalue weighted by atomic mass is 15.1. The van der Waals surface area contributed by atoms with Gasteiger partial charge >= 0.3 is 0 Å². The molecule has 102 valence electrons. The number of pyridine rings is 1. The first kappa shape index (κ1) is 15.2. The second-order valence-electron chi connectivity index (χ2n) is 5.01. The average molecular weight is 248 g/mol. The number of hydrogen-bond acceptors (Lipinski definition) is 2. The van der Waals surface area contributed by atoms with Crippen molar-refractivity contribution in [2.24, 2.45) is 5.92 Å². The molecule has 18 heavy (non-hydrogen) atoms. The van der Waals surface area contributed by atoms with E-state index in [9.17, 15) is 0 Å². The van der Waals surface area contributed by atoms with Gasteiger partial charge in [-0.25, -0.2) is 0 Å². The molecule has 0 spiro atoms. The maximum atomic E-state index is 4.31. The lowest BCUT2D eigenvalue weighted by molar-refractivity contribution is 0.185. The Morgan fingerprint density at radius 3 is 2.39 bits per heavy atom. The van der Waals surface area contributed by atoms with E-state index in [1.807, 2.05) is 26.2 Å². The van der Waals surface area contributed by atoms with Gasteiger partial charge in [0, 0.05) is 18.9 Å². The minimum atomic E-state index is 0.913. The van der Waals surface area contributed by atoms with Gasteiger partial charge in [0.1, 0.15) is 0 Å². The minimum absolute atomic E-state index is 0.913. The number of hydrogen-bond donors (Lipinski definition) is 0. The predicted octanol–water partition coefficient (Wildman–Crippen LogP) is 3.90. The number of nitrogens with zero attached hydrogens (tertiary/aromatic N) is 2. The van der Waals surface area contributed by atoms with Gasteiger partial charge in [0.15, 0.2) is 0 Å². The number of likely N-dealkylation sites (tertiary alicyclic amines) is 1. The van der Waals surface area contributed by atoms with Crippen LogP contribution in [-0.2, 0) is 13.0 Å². The van der Waals surface area contributed by atoms with Crippen molar-refractivity contribution in [2.45, 2.75) is 53.5 Å². The minimum Gasteiger partial charge on any atom is -0.299 e. The van der Waals surface area contributed by atoms with Crippen molar-refractivity contribution in [2.75, 3.05) is 13.1 Å². The third-order valence-electron chi connectivity index (χ3n) is 3.54. The van der Waals surface area contributed by atoms with Crippen LogP contribution in [-0.4, -0.2) is 23.0 Å². The molecule has 1 aliphatic rings. The summed E-state index contributed by atoms with van der Waals surface area (Å²) in [5, 5.41) is 0. The molecule has 1 aliphatic heterocycles. The smallest absolute Gasteiger partial charge is 0.0313 e. The van der Waals surface area contributed by atoms with Crippen molar-refractivity contribution in [3.63, 3.8) is 0 Å². The van der Waals surface area contributed by atoms with E-state index in [0.29, 0.717) is 0 Å². The van der Waals surface area contributed by atoms with Crippen molar-refractivity contribution in [1.29, 1.82) is 0 Å². The molecule has 0 amide bonds. The largest absolute Gasteiger partial charge is 0.299 e. The van der Waals surface area contributed by atoms with Crippen LogP contribution in [0, 0.1) is 5.92 Å². The maximum absolute atomic E-state index is 4.31. The van der Waals surface area contributed by atoms with Gasteiger partial charge in [-0.2, -0.15) is 0 Å². The lowest BCUT2D eigenvalue weighted by Crippen LogP contribution is -2.32. The summed E-state index contributed by atoms with van der Waals surface area (Å²) >= 11 is 0. The van der Waals surface area contributed by atoms with Crippen LogP contribution in [0.1, 0.15) is 51.7 Å². The van der Waals surface area contributed by atoms with E-state index in [1.165, 1.54) is 37.1 Å². The fraction of sp³-hybridized carbons (Fsp3) is 0.688. The predicted molar refractivity (Wildman–Crippen MR) is 78.6 cm³/mol. The van der Waals surface area contributed by atoms with Crippen LogP contribution in [0.2, 0.25) is 0 Å². The van der Waals surface area contributed by atoms with E-state index in [0.717, 1.165) is 18.9 Å². The lowest BCUT2D eigenvalue weighted by Gasteiger charge is -2.30. The molecule has 1 aromatic heterocycles. The standard InChI is InChI=1S/C14H22N2.C2H6/c1-3-13-8-14(10-15-9-13)11-16-6-4-12(2)5-7-16;1-2/h8-10,12H,3-7,11H2,1-2H3;1-2H3. The highest BCUT2D eigenvalue weighted by Gasteiger charge is 2.15. The summed E-state index contributed by atoms with van der Waals surface area (Å²) in [6.07, 6.45) is 7.76. The first-order valence-electron chi connectivity index (χ1n) is 7.43. The van der Waals surface area contributed by atoms with Gasteiger partial charge in [0.2, 0.25) is 0 Å². The average Bonchev–Trinajstić information content (AvgIpc) is 2.44. The first-order chi connectivity index (χ1) is 8.78. The molecule has 0 aromatic carbocycles. The van der Waals surface area contributed by atoms with E-state index in [-0.39, 0.29) is 0 Å². The van der Waals surface area contributed by atoms with Crippen LogP contribution in [0.15, 0.2) is 18.5 Å². The number of aryl methyl sites for hydroxylation is 1. The summed E-state index contributed by atoms with van der Waals surface area (Å²) in [6, 6.07) is 2.30. The molecule has 0 atom stereocenters. The van der Waals surface area contributed by atoms with Crippen LogP contribution in [0.5, 0.6) is 0 Å². The van der Waals surface area contributed by atoms with E-state index in [2.05, 4.69) is 29.8 Å². The van der Waals surface area contributed by atoms with E-state index >= 15 is 0 Å².